The Labute approximate surface area is 97.9 Å². The van der Waals surface area contributed by atoms with Crippen LogP contribution in [0, 0.1) is 5.92 Å². The summed E-state index contributed by atoms with van der Waals surface area (Å²) < 4.78 is 5.29. The largest absolute Gasteiger partial charge is 0.381 e. The zero-order valence-electron chi connectivity index (χ0n) is 10.6. The van der Waals surface area contributed by atoms with Gasteiger partial charge in [-0.2, -0.15) is 0 Å². The molecule has 0 radical (unpaired) electrons. The summed E-state index contributed by atoms with van der Waals surface area (Å²) in [6.07, 6.45) is 2.47. The summed E-state index contributed by atoms with van der Waals surface area (Å²) in [5, 5.41) is 3.06. The second-order valence-electron chi connectivity index (χ2n) is 5.40. The minimum Gasteiger partial charge on any atom is -0.381 e. The summed E-state index contributed by atoms with van der Waals surface area (Å²) in [7, 11) is 0. The zero-order chi connectivity index (χ0) is 12.2. The number of nitrogens with two attached hydrogens (primary N) is 1. The number of hydrogen-bond donors (Lipinski definition) is 2. The van der Waals surface area contributed by atoms with Crippen LogP contribution in [-0.4, -0.2) is 30.7 Å². The van der Waals surface area contributed by atoms with E-state index in [0.29, 0.717) is 5.92 Å². The highest BCUT2D eigenvalue weighted by Crippen LogP contribution is 2.20. The Bertz CT molecular complexity index is 235. The van der Waals surface area contributed by atoms with Crippen LogP contribution in [0.5, 0.6) is 0 Å². The van der Waals surface area contributed by atoms with Crippen molar-refractivity contribution >= 4 is 5.91 Å². The molecule has 1 atom stereocenters. The van der Waals surface area contributed by atoms with Gasteiger partial charge < -0.3 is 15.8 Å². The molecule has 0 aromatic heterocycles. The van der Waals surface area contributed by atoms with E-state index in [-0.39, 0.29) is 17.5 Å². The summed E-state index contributed by atoms with van der Waals surface area (Å²) in [4.78, 5) is 11.9. The third-order valence-electron chi connectivity index (χ3n) is 3.08. The fourth-order valence-electron chi connectivity index (χ4n) is 1.95. The van der Waals surface area contributed by atoms with E-state index in [2.05, 4.69) is 26.1 Å². The highest BCUT2D eigenvalue weighted by atomic mass is 16.5. The van der Waals surface area contributed by atoms with Gasteiger partial charge in [-0.05, 0) is 32.1 Å². The van der Waals surface area contributed by atoms with E-state index in [0.717, 1.165) is 32.5 Å². The lowest BCUT2D eigenvalue weighted by atomic mass is 9.91. The van der Waals surface area contributed by atoms with Gasteiger partial charge >= 0.3 is 0 Å². The van der Waals surface area contributed by atoms with E-state index in [1.807, 2.05) is 0 Å². The minimum absolute atomic E-state index is 0.0295. The zero-order valence-corrected chi connectivity index (χ0v) is 10.6. The van der Waals surface area contributed by atoms with Crippen LogP contribution in [0.3, 0.4) is 0 Å². The summed E-state index contributed by atoms with van der Waals surface area (Å²) >= 11 is 0. The van der Waals surface area contributed by atoms with Gasteiger partial charge in [0.1, 0.15) is 0 Å². The highest BCUT2D eigenvalue weighted by Gasteiger charge is 2.30. The van der Waals surface area contributed by atoms with Crippen LogP contribution < -0.4 is 11.1 Å². The Kier molecular flexibility index (Phi) is 4.74. The van der Waals surface area contributed by atoms with Crippen molar-refractivity contribution < 1.29 is 9.53 Å². The fourth-order valence-corrected chi connectivity index (χ4v) is 1.95. The van der Waals surface area contributed by atoms with Crippen molar-refractivity contribution in [2.75, 3.05) is 13.2 Å². The van der Waals surface area contributed by atoms with Crippen LogP contribution in [0.2, 0.25) is 0 Å². The number of ether oxygens (including phenoxy) is 1. The monoisotopic (exact) mass is 228 g/mol. The molecule has 1 fully saturated rings. The molecule has 1 saturated heterocycles. The number of amides is 1. The number of carbonyl (C=O) groups is 1. The normalized spacial score (nSPS) is 21.8. The van der Waals surface area contributed by atoms with Crippen molar-refractivity contribution in [2.45, 2.75) is 51.6 Å². The Balaban J connectivity index is 2.43. The third kappa shape index (κ3) is 4.10. The fraction of sp³-hybridized carbons (Fsp3) is 0.917. The van der Waals surface area contributed by atoms with Crippen LogP contribution in [0.1, 0.15) is 40.0 Å². The van der Waals surface area contributed by atoms with Crippen molar-refractivity contribution in [3.05, 3.63) is 0 Å². The van der Waals surface area contributed by atoms with Crippen molar-refractivity contribution in [1.82, 2.24) is 5.32 Å². The maximum Gasteiger partial charge on any atom is 0.237 e. The van der Waals surface area contributed by atoms with Crippen molar-refractivity contribution in [3.8, 4) is 0 Å². The first-order valence-corrected chi connectivity index (χ1v) is 6.08. The Morgan fingerprint density at radius 3 is 2.50 bits per heavy atom. The van der Waals surface area contributed by atoms with Crippen LogP contribution >= 0.6 is 0 Å². The average Bonchev–Trinajstić information content (AvgIpc) is 2.16. The standard InChI is InChI=1S/C12H24N2O2/c1-9(2)8-10(13)11(15)14-12(3)4-6-16-7-5-12/h9-10H,4-8,13H2,1-3H3,(H,14,15)/t10-/m0/s1. The first-order valence-electron chi connectivity index (χ1n) is 6.08. The molecule has 1 aliphatic rings. The molecule has 94 valence electrons. The van der Waals surface area contributed by atoms with Crippen LogP contribution in [0.15, 0.2) is 0 Å². The molecule has 0 spiro atoms. The van der Waals surface area contributed by atoms with E-state index in [4.69, 9.17) is 10.5 Å². The molecule has 1 rings (SSSR count). The molecule has 1 heterocycles. The molecule has 0 saturated carbocycles. The summed E-state index contributed by atoms with van der Waals surface area (Å²) in [5.41, 5.74) is 5.72. The first-order chi connectivity index (χ1) is 7.43. The van der Waals surface area contributed by atoms with Gasteiger partial charge in [0.05, 0.1) is 6.04 Å². The van der Waals surface area contributed by atoms with Gasteiger partial charge in [0.15, 0.2) is 0 Å². The Morgan fingerprint density at radius 1 is 1.44 bits per heavy atom. The molecule has 4 nitrogen and oxygen atoms in total. The molecule has 4 heteroatoms. The second-order valence-corrected chi connectivity index (χ2v) is 5.40. The van der Waals surface area contributed by atoms with Gasteiger partial charge in [0.25, 0.3) is 0 Å². The molecule has 1 amide bonds. The van der Waals surface area contributed by atoms with Crippen LogP contribution in [0.25, 0.3) is 0 Å². The minimum atomic E-state index is -0.389. The number of nitrogens with one attached hydrogen (secondary N) is 1. The number of rotatable bonds is 4. The van der Waals surface area contributed by atoms with Gasteiger partial charge in [-0.1, -0.05) is 13.8 Å². The lowest BCUT2D eigenvalue weighted by molar-refractivity contribution is -0.125. The van der Waals surface area contributed by atoms with Crippen LogP contribution in [-0.2, 0) is 9.53 Å². The lowest BCUT2D eigenvalue weighted by Gasteiger charge is -2.35. The molecule has 1 aliphatic heterocycles. The third-order valence-corrected chi connectivity index (χ3v) is 3.08. The first kappa shape index (κ1) is 13.5. The quantitative estimate of drug-likeness (QED) is 0.756. The van der Waals surface area contributed by atoms with E-state index in [1.165, 1.54) is 0 Å². The average molecular weight is 228 g/mol. The van der Waals surface area contributed by atoms with Crippen LogP contribution in [0.4, 0.5) is 0 Å². The summed E-state index contributed by atoms with van der Waals surface area (Å²) in [6.45, 7) is 7.65. The molecular formula is C12H24N2O2. The van der Waals surface area contributed by atoms with Gasteiger partial charge in [0.2, 0.25) is 5.91 Å². The highest BCUT2D eigenvalue weighted by molar-refractivity contribution is 5.82. The van der Waals surface area contributed by atoms with Crippen molar-refractivity contribution in [3.63, 3.8) is 0 Å². The predicted octanol–water partition coefficient (Wildman–Crippen LogP) is 1.05. The van der Waals surface area contributed by atoms with E-state index in [1.54, 1.807) is 0 Å². The van der Waals surface area contributed by atoms with E-state index >= 15 is 0 Å². The van der Waals surface area contributed by atoms with Gasteiger partial charge in [-0.25, -0.2) is 0 Å². The van der Waals surface area contributed by atoms with Gasteiger partial charge in [-0.15, -0.1) is 0 Å². The maximum atomic E-state index is 11.9. The van der Waals surface area contributed by atoms with E-state index < -0.39 is 0 Å². The lowest BCUT2D eigenvalue weighted by Crippen LogP contribution is -2.54. The molecule has 16 heavy (non-hydrogen) atoms. The second kappa shape index (κ2) is 5.64. The molecular weight excluding hydrogens is 204 g/mol. The molecule has 3 N–H and O–H groups in total. The SMILES string of the molecule is CC(C)C[C@H](N)C(=O)NC1(C)CCOCC1. The molecule has 0 aromatic rings. The summed E-state index contributed by atoms with van der Waals surface area (Å²) in [5.74, 6) is 0.418. The van der Waals surface area contributed by atoms with Crippen molar-refractivity contribution in [1.29, 1.82) is 0 Å². The molecule has 0 bridgehead atoms. The summed E-state index contributed by atoms with van der Waals surface area (Å²) in [6, 6.07) is -0.389. The molecule has 0 unspecified atom stereocenters. The van der Waals surface area contributed by atoms with Crippen molar-refractivity contribution in [2.24, 2.45) is 11.7 Å². The Hall–Kier alpha value is -0.610. The predicted molar refractivity (Wildman–Crippen MR) is 64.0 cm³/mol. The number of hydrogen-bond acceptors (Lipinski definition) is 3. The maximum absolute atomic E-state index is 11.9. The van der Waals surface area contributed by atoms with Gasteiger partial charge in [0, 0.05) is 18.8 Å². The number of carbonyl (C=O) groups excluding carboxylic acids is 1. The molecule has 0 aliphatic carbocycles. The molecule has 0 aromatic carbocycles. The Morgan fingerprint density at radius 2 is 2.00 bits per heavy atom. The van der Waals surface area contributed by atoms with Gasteiger partial charge in [-0.3, -0.25) is 4.79 Å². The smallest absolute Gasteiger partial charge is 0.237 e. The topological polar surface area (TPSA) is 64.4 Å². The van der Waals surface area contributed by atoms with E-state index in [9.17, 15) is 4.79 Å².